The molecule has 0 spiro atoms. The number of aryl methyl sites for hydroxylation is 3. The summed E-state index contributed by atoms with van der Waals surface area (Å²) in [7, 11) is 0. The van der Waals surface area contributed by atoms with Crippen molar-refractivity contribution in [1.29, 1.82) is 0 Å². The normalized spacial score (nSPS) is 10.6. The molecule has 0 atom stereocenters. The van der Waals surface area contributed by atoms with Crippen molar-refractivity contribution in [2.75, 3.05) is 0 Å². The molecule has 0 aliphatic rings. The monoisotopic (exact) mass is 368 g/mol. The second kappa shape index (κ2) is 8.26. The van der Waals surface area contributed by atoms with Crippen LogP contribution in [0, 0.1) is 13.8 Å². The first-order valence-corrected chi connectivity index (χ1v) is 8.48. The lowest BCUT2D eigenvalue weighted by Gasteiger charge is -2.07. The van der Waals surface area contributed by atoms with Gasteiger partial charge in [0.25, 0.3) is 5.91 Å². The maximum absolute atomic E-state index is 11.9. The molecule has 3 aromatic rings. The quantitative estimate of drug-likeness (QED) is 0.634. The van der Waals surface area contributed by atoms with E-state index in [9.17, 15) is 9.59 Å². The summed E-state index contributed by atoms with van der Waals surface area (Å²) < 4.78 is 7.11. The van der Waals surface area contributed by atoms with Crippen LogP contribution in [0.5, 0.6) is 0 Å². The van der Waals surface area contributed by atoms with Crippen molar-refractivity contribution in [2.45, 2.75) is 33.2 Å². The van der Waals surface area contributed by atoms with E-state index in [4.69, 9.17) is 4.42 Å². The van der Waals surface area contributed by atoms with E-state index in [1.54, 1.807) is 4.68 Å². The molecule has 1 aromatic carbocycles. The molecule has 0 bridgehead atoms. The number of aromatic nitrogens is 4. The number of amides is 2. The summed E-state index contributed by atoms with van der Waals surface area (Å²) in [6.45, 7) is 3.74. The Balaban J connectivity index is 1.43. The number of hydrazine groups is 1. The third kappa shape index (κ3) is 5.00. The second-order valence-electron chi connectivity index (χ2n) is 6.05. The molecule has 0 fully saturated rings. The van der Waals surface area contributed by atoms with Gasteiger partial charge in [0.1, 0.15) is 6.54 Å². The summed E-state index contributed by atoms with van der Waals surface area (Å²) in [4.78, 5) is 23.8. The van der Waals surface area contributed by atoms with Gasteiger partial charge >= 0.3 is 0 Å². The Labute approximate surface area is 155 Å². The number of benzene rings is 1. The summed E-state index contributed by atoms with van der Waals surface area (Å²) in [5, 5.41) is 12.1. The summed E-state index contributed by atoms with van der Waals surface area (Å²) in [5.41, 5.74) is 7.26. The summed E-state index contributed by atoms with van der Waals surface area (Å²) in [6.07, 6.45) is 0.385. The van der Waals surface area contributed by atoms with Crippen molar-refractivity contribution >= 4 is 11.8 Å². The van der Waals surface area contributed by atoms with E-state index in [2.05, 4.69) is 26.1 Å². The Morgan fingerprint density at radius 2 is 1.81 bits per heavy atom. The van der Waals surface area contributed by atoms with Crippen LogP contribution in [-0.4, -0.2) is 31.8 Å². The third-order valence-electron chi connectivity index (χ3n) is 3.79. The lowest BCUT2D eigenvalue weighted by molar-refractivity contribution is -0.129. The summed E-state index contributed by atoms with van der Waals surface area (Å²) in [5.74, 6) is 0.0528. The minimum Gasteiger partial charge on any atom is -0.421 e. The maximum atomic E-state index is 11.9. The van der Waals surface area contributed by atoms with Crippen LogP contribution in [0.15, 0.2) is 40.8 Å². The number of hydrogen-bond acceptors (Lipinski definition) is 6. The van der Waals surface area contributed by atoms with Gasteiger partial charge in [0.05, 0.1) is 5.69 Å². The van der Waals surface area contributed by atoms with Gasteiger partial charge in [-0.25, -0.2) is 0 Å². The Hall–Kier alpha value is -3.49. The maximum Gasteiger partial charge on any atom is 0.260 e. The molecule has 2 heterocycles. The van der Waals surface area contributed by atoms with Gasteiger partial charge in [0.2, 0.25) is 17.7 Å². The molecule has 0 saturated heterocycles. The molecule has 0 saturated carbocycles. The zero-order chi connectivity index (χ0) is 19.2. The minimum absolute atomic E-state index is 0.0318. The van der Waals surface area contributed by atoms with Crippen molar-refractivity contribution in [3.05, 3.63) is 53.7 Å². The molecule has 3 rings (SSSR count). The Bertz CT molecular complexity index is 932. The SMILES string of the molecule is Cc1cc(C)n(CC(=O)NNC(=O)CCc2nnc(-c3ccccc3)o2)n1. The smallest absolute Gasteiger partial charge is 0.260 e. The molecule has 0 aliphatic carbocycles. The molecular weight excluding hydrogens is 348 g/mol. The zero-order valence-electron chi connectivity index (χ0n) is 15.1. The van der Waals surface area contributed by atoms with E-state index in [1.807, 2.05) is 50.2 Å². The molecule has 0 radical (unpaired) electrons. The summed E-state index contributed by atoms with van der Waals surface area (Å²) in [6, 6.07) is 11.3. The Kier molecular flexibility index (Phi) is 5.60. The predicted octanol–water partition coefficient (Wildman–Crippen LogP) is 1.33. The lowest BCUT2D eigenvalue weighted by Crippen LogP contribution is -2.43. The van der Waals surface area contributed by atoms with E-state index in [0.29, 0.717) is 11.8 Å². The van der Waals surface area contributed by atoms with Gasteiger partial charge in [-0.3, -0.25) is 25.1 Å². The van der Waals surface area contributed by atoms with Crippen LogP contribution in [0.25, 0.3) is 11.5 Å². The highest BCUT2D eigenvalue weighted by molar-refractivity contribution is 5.81. The first-order chi connectivity index (χ1) is 13.0. The minimum atomic E-state index is -0.362. The fourth-order valence-corrected chi connectivity index (χ4v) is 2.48. The van der Waals surface area contributed by atoms with E-state index in [-0.39, 0.29) is 31.2 Å². The molecule has 27 heavy (non-hydrogen) atoms. The third-order valence-corrected chi connectivity index (χ3v) is 3.79. The fourth-order valence-electron chi connectivity index (χ4n) is 2.48. The van der Waals surface area contributed by atoms with Crippen LogP contribution in [0.3, 0.4) is 0 Å². The van der Waals surface area contributed by atoms with Gasteiger partial charge in [-0.2, -0.15) is 5.10 Å². The van der Waals surface area contributed by atoms with Crippen LogP contribution in [0.2, 0.25) is 0 Å². The number of nitrogens with zero attached hydrogens (tertiary/aromatic N) is 4. The molecule has 2 aromatic heterocycles. The van der Waals surface area contributed by atoms with Crippen LogP contribution in [0.1, 0.15) is 23.7 Å². The number of carbonyl (C=O) groups is 2. The molecule has 2 amide bonds. The van der Waals surface area contributed by atoms with Crippen molar-refractivity contribution < 1.29 is 14.0 Å². The summed E-state index contributed by atoms with van der Waals surface area (Å²) >= 11 is 0. The number of hydrogen-bond donors (Lipinski definition) is 2. The molecule has 9 heteroatoms. The van der Waals surface area contributed by atoms with Crippen molar-refractivity contribution in [3.63, 3.8) is 0 Å². The van der Waals surface area contributed by atoms with Crippen molar-refractivity contribution in [1.82, 2.24) is 30.8 Å². The Morgan fingerprint density at radius 3 is 2.52 bits per heavy atom. The zero-order valence-corrected chi connectivity index (χ0v) is 15.1. The van der Waals surface area contributed by atoms with Gasteiger partial charge in [0, 0.05) is 24.1 Å². The van der Waals surface area contributed by atoms with Gasteiger partial charge in [0.15, 0.2) is 0 Å². The van der Waals surface area contributed by atoms with Crippen LogP contribution < -0.4 is 10.9 Å². The fraction of sp³-hybridized carbons (Fsp3) is 0.278. The highest BCUT2D eigenvalue weighted by Gasteiger charge is 2.12. The molecule has 9 nitrogen and oxygen atoms in total. The predicted molar refractivity (Wildman–Crippen MR) is 96.0 cm³/mol. The first kappa shape index (κ1) is 18.3. The van der Waals surface area contributed by atoms with Gasteiger partial charge < -0.3 is 4.42 Å². The number of nitrogens with one attached hydrogen (secondary N) is 2. The van der Waals surface area contributed by atoms with Gasteiger partial charge in [-0.15, -0.1) is 10.2 Å². The van der Waals surface area contributed by atoms with Crippen LogP contribution >= 0.6 is 0 Å². The largest absolute Gasteiger partial charge is 0.421 e. The van der Waals surface area contributed by atoms with E-state index in [1.165, 1.54) is 0 Å². The Morgan fingerprint density at radius 1 is 1.07 bits per heavy atom. The highest BCUT2D eigenvalue weighted by Crippen LogP contribution is 2.17. The van der Waals surface area contributed by atoms with Gasteiger partial charge in [-0.05, 0) is 32.0 Å². The molecular formula is C18H20N6O3. The molecule has 2 N–H and O–H groups in total. The van der Waals surface area contributed by atoms with Crippen molar-refractivity contribution in [2.24, 2.45) is 0 Å². The average molecular weight is 368 g/mol. The van der Waals surface area contributed by atoms with E-state index < -0.39 is 0 Å². The molecule has 140 valence electrons. The highest BCUT2D eigenvalue weighted by atomic mass is 16.4. The topological polar surface area (TPSA) is 115 Å². The van der Waals surface area contributed by atoms with Crippen LogP contribution in [0.4, 0.5) is 0 Å². The number of rotatable bonds is 6. The van der Waals surface area contributed by atoms with Crippen LogP contribution in [-0.2, 0) is 22.6 Å². The van der Waals surface area contributed by atoms with Gasteiger partial charge in [-0.1, -0.05) is 18.2 Å². The first-order valence-electron chi connectivity index (χ1n) is 8.48. The number of carbonyl (C=O) groups excluding carboxylic acids is 2. The standard InChI is InChI=1S/C18H20N6O3/c1-12-10-13(2)24(23-12)11-16(26)20-19-15(25)8-9-17-21-22-18(27-17)14-6-4-3-5-7-14/h3-7,10H,8-9,11H2,1-2H3,(H,19,25)(H,20,26). The van der Waals surface area contributed by atoms with E-state index in [0.717, 1.165) is 17.0 Å². The lowest BCUT2D eigenvalue weighted by atomic mass is 10.2. The molecule has 0 unspecified atom stereocenters. The molecule has 0 aliphatic heterocycles. The van der Waals surface area contributed by atoms with Crippen molar-refractivity contribution in [3.8, 4) is 11.5 Å². The average Bonchev–Trinajstić information content (AvgIpc) is 3.25. The van der Waals surface area contributed by atoms with E-state index >= 15 is 0 Å². The second-order valence-corrected chi connectivity index (χ2v) is 6.05.